The van der Waals surface area contributed by atoms with Crippen LogP contribution >= 0.6 is 7.82 Å². The molecule has 3 atom stereocenters. The average molecular weight is 942 g/mol. The monoisotopic (exact) mass is 941 g/mol. The largest absolute Gasteiger partial charge is 0.756 e. The third kappa shape index (κ3) is 50.9. The number of carbonyl (C=O) groups is 1. The second-order valence-corrected chi connectivity index (χ2v) is 22.4. The van der Waals surface area contributed by atoms with Crippen molar-refractivity contribution in [1.82, 2.24) is 5.32 Å². The van der Waals surface area contributed by atoms with Gasteiger partial charge in [0.1, 0.15) is 13.2 Å². The molecule has 8 nitrogen and oxygen atoms in total. The zero-order valence-electron chi connectivity index (χ0n) is 44.2. The first-order valence-corrected chi connectivity index (χ1v) is 30.0. The molecule has 65 heavy (non-hydrogen) atoms. The Morgan fingerprint density at radius 1 is 0.523 bits per heavy atom. The fourth-order valence-corrected chi connectivity index (χ4v) is 9.47. The van der Waals surface area contributed by atoms with Crippen LogP contribution in [0.1, 0.15) is 290 Å². The number of aliphatic hydroxyl groups excluding tert-OH is 1. The highest BCUT2D eigenvalue weighted by Crippen LogP contribution is 2.38. The number of phosphoric ester groups is 1. The fraction of sp³-hybridized carbons (Fsp3) is 0.946. The molecule has 0 bridgehead atoms. The molecule has 2 N–H and O–H groups in total. The van der Waals surface area contributed by atoms with Gasteiger partial charge in [-0.15, -0.1) is 0 Å². The Morgan fingerprint density at radius 3 is 1.15 bits per heavy atom. The lowest BCUT2D eigenvalue weighted by Gasteiger charge is -2.29. The number of quaternary nitrogens is 1. The van der Waals surface area contributed by atoms with Crippen molar-refractivity contribution < 1.29 is 32.9 Å². The molecule has 0 fully saturated rings. The molecule has 0 aromatic carbocycles. The number of rotatable bonds is 53. The van der Waals surface area contributed by atoms with Crippen molar-refractivity contribution in [3.8, 4) is 0 Å². The van der Waals surface area contributed by atoms with E-state index in [1.54, 1.807) is 6.08 Å². The molecule has 3 unspecified atom stereocenters. The Labute approximate surface area is 405 Å². The molecule has 0 saturated carbocycles. The second kappa shape index (κ2) is 48.3. The van der Waals surface area contributed by atoms with Crippen LogP contribution in [-0.4, -0.2) is 68.5 Å². The number of likely N-dealkylation sites (N-methyl/N-ethyl adjacent to an activating group) is 1. The summed E-state index contributed by atoms with van der Waals surface area (Å²) in [5.74, 6) is -0.191. The van der Waals surface area contributed by atoms with Crippen LogP contribution < -0.4 is 10.2 Å². The SMILES string of the molecule is CCCCCCCCCCCCCCCCCCCCCCCCCCC/C=C/C(O)C(COP(=O)([O-])OCC[N+](C)(C)C)NC(=O)CCCCCCCCCCCCCCCCCC. The third-order valence-corrected chi connectivity index (χ3v) is 14.2. The lowest BCUT2D eigenvalue weighted by molar-refractivity contribution is -0.870. The van der Waals surface area contributed by atoms with Crippen molar-refractivity contribution >= 4 is 13.7 Å². The van der Waals surface area contributed by atoms with Gasteiger partial charge < -0.3 is 28.8 Å². The number of hydrogen-bond acceptors (Lipinski definition) is 6. The molecule has 0 heterocycles. The van der Waals surface area contributed by atoms with Crippen molar-refractivity contribution in [2.24, 2.45) is 0 Å². The smallest absolute Gasteiger partial charge is 0.268 e. The number of unbranched alkanes of at least 4 members (excludes halogenated alkanes) is 40. The van der Waals surface area contributed by atoms with Crippen molar-refractivity contribution in [1.29, 1.82) is 0 Å². The lowest BCUT2D eigenvalue weighted by atomic mass is 10.0. The molecule has 0 saturated heterocycles. The van der Waals surface area contributed by atoms with Gasteiger partial charge in [0.05, 0.1) is 39.9 Å². The minimum Gasteiger partial charge on any atom is -0.756 e. The Kier molecular flexibility index (Phi) is 47.7. The number of phosphoric acid groups is 1. The summed E-state index contributed by atoms with van der Waals surface area (Å²) >= 11 is 0. The number of allylic oxidation sites excluding steroid dienone is 1. The molecule has 0 radical (unpaired) electrons. The maximum Gasteiger partial charge on any atom is 0.268 e. The maximum atomic E-state index is 12.9. The van der Waals surface area contributed by atoms with Gasteiger partial charge in [0.15, 0.2) is 0 Å². The van der Waals surface area contributed by atoms with E-state index in [0.29, 0.717) is 17.4 Å². The number of amides is 1. The highest BCUT2D eigenvalue weighted by atomic mass is 31.2. The van der Waals surface area contributed by atoms with E-state index in [0.717, 1.165) is 38.5 Å². The van der Waals surface area contributed by atoms with Gasteiger partial charge in [0.2, 0.25) is 5.91 Å². The zero-order valence-corrected chi connectivity index (χ0v) is 45.1. The minimum atomic E-state index is -4.59. The number of carbonyl (C=O) groups excluding carboxylic acids is 1. The van der Waals surface area contributed by atoms with E-state index in [1.165, 1.54) is 231 Å². The normalized spacial score (nSPS) is 14.0. The quantitative estimate of drug-likeness (QED) is 0.0272. The standard InChI is InChI=1S/C56H113N2O6P/c1-6-8-10-12-14-16-18-20-22-24-25-26-27-28-29-30-31-32-33-34-35-37-39-41-43-45-47-49-55(59)54(53-64-65(61,62)63-52-51-58(3,4)5)57-56(60)50-48-46-44-42-40-38-36-23-21-19-17-15-13-11-9-7-2/h47,49,54-55,59H,6-46,48,50-53H2,1-5H3,(H-,57,60,61,62)/b49-47+. The Bertz CT molecular complexity index is 1070. The highest BCUT2D eigenvalue weighted by Gasteiger charge is 2.23. The zero-order chi connectivity index (χ0) is 47.8. The molecule has 1 amide bonds. The van der Waals surface area contributed by atoms with Crippen LogP contribution in [0.2, 0.25) is 0 Å². The summed E-state index contributed by atoms with van der Waals surface area (Å²) in [6.07, 6.45) is 58.6. The lowest BCUT2D eigenvalue weighted by Crippen LogP contribution is -2.45. The summed E-state index contributed by atoms with van der Waals surface area (Å²) in [6, 6.07) is -0.881. The van der Waals surface area contributed by atoms with Crippen molar-refractivity contribution in [2.75, 3.05) is 40.9 Å². The van der Waals surface area contributed by atoms with E-state index >= 15 is 0 Å². The first-order valence-electron chi connectivity index (χ1n) is 28.6. The van der Waals surface area contributed by atoms with E-state index in [9.17, 15) is 19.4 Å². The van der Waals surface area contributed by atoms with Crippen LogP contribution in [0.4, 0.5) is 0 Å². The van der Waals surface area contributed by atoms with E-state index in [-0.39, 0.29) is 19.1 Å². The van der Waals surface area contributed by atoms with Gasteiger partial charge in [-0.05, 0) is 19.3 Å². The number of nitrogens with one attached hydrogen (secondary N) is 1. The van der Waals surface area contributed by atoms with Crippen LogP contribution in [0, 0.1) is 0 Å². The van der Waals surface area contributed by atoms with E-state index in [2.05, 4.69) is 19.2 Å². The molecule has 0 spiro atoms. The highest BCUT2D eigenvalue weighted by molar-refractivity contribution is 7.45. The summed E-state index contributed by atoms with van der Waals surface area (Å²) in [7, 11) is 1.28. The van der Waals surface area contributed by atoms with Crippen molar-refractivity contribution in [3.63, 3.8) is 0 Å². The first kappa shape index (κ1) is 64.2. The van der Waals surface area contributed by atoms with E-state index in [1.807, 2.05) is 27.2 Å². The van der Waals surface area contributed by atoms with Gasteiger partial charge in [0, 0.05) is 6.42 Å². The minimum absolute atomic E-state index is 0.00260. The van der Waals surface area contributed by atoms with Crippen molar-refractivity contribution in [3.05, 3.63) is 12.2 Å². The summed E-state index contributed by atoms with van der Waals surface area (Å²) in [5.41, 5.74) is 0. The maximum absolute atomic E-state index is 12.9. The molecule has 0 aliphatic heterocycles. The predicted molar refractivity (Wildman–Crippen MR) is 279 cm³/mol. The summed E-state index contributed by atoms with van der Waals surface area (Å²) in [4.78, 5) is 25.4. The molecule has 9 heteroatoms. The number of hydrogen-bond donors (Lipinski definition) is 2. The summed E-state index contributed by atoms with van der Waals surface area (Å²) in [6.45, 7) is 4.69. The molecule has 388 valence electrons. The topological polar surface area (TPSA) is 108 Å². The van der Waals surface area contributed by atoms with Gasteiger partial charge in [0.25, 0.3) is 7.82 Å². The molecular formula is C56H113N2O6P. The van der Waals surface area contributed by atoms with E-state index in [4.69, 9.17) is 9.05 Å². The van der Waals surface area contributed by atoms with Gasteiger partial charge in [-0.25, -0.2) is 0 Å². The average Bonchev–Trinajstić information content (AvgIpc) is 3.26. The Hall–Kier alpha value is -0.760. The third-order valence-electron chi connectivity index (χ3n) is 13.2. The molecular weight excluding hydrogens is 828 g/mol. The van der Waals surface area contributed by atoms with Gasteiger partial charge in [-0.1, -0.05) is 276 Å². The number of nitrogens with zero attached hydrogens (tertiary/aromatic N) is 1. The Balaban J connectivity index is 4.15. The van der Waals surface area contributed by atoms with Gasteiger partial charge in [-0.3, -0.25) is 9.36 Å². The molecule has 0 aromatic heterocycles. The van der Waals surface area contributed by atoms with Gasteiger partial charge >= 0.3 is 0 Å². The van der Waals surface area contributed by atoms with E-state index < -0.39 is 20.0 Å². The summed E-state index contributed by atoms with van der Waals surface area (Å²) in [5, 5.41) is 13.9. The van der Waals surface area contributed by atoms with Crippen LogP contribution in [-0.2, 0) is 18.4 Å². The first-order chi connectivity index (χ1) is 31.5. The van der Waals surface area contributed by atoms with Crippen molar-refractivity contribution in [2.45, 2.75) is 302 Å². The van der Waals surface area contributed by atoms with Gasteiger partial charge in [-0.2, -0.15) is 0 Å². The fourth-order valence-electron chi connectivity index (χ4n) is 8.74. The summed E-state index contributed by atoms with van der Waals surface area (Å²) < 4.78 is 23.3. The van der Waals surface area contributed by atoms with Crippen LogP contribution in [0.25, 0.3) is 0 Å². The van der Waals surface area contributed by atoms with Crippen LogP contribution in [0.3, 0.4) is 0 Å². The molecule has 0 aromatic rings. The van der Waals surface area contributed by atoms with Crippen LogP contribution in [0.15, 0.2) is 12.2 Å². The molecule has 0 aliphatic rings. The van der Waals surface area contributed by atoms with Crippen LogP contribution in [0.5, 0.6) is 0 Å². The molecule has 0 aliphatic carbocycles. The Morgan fingerprint density at radius 2 is 0.831 bits per heavy atom. The number of aliphatic hydroxyl groups is 1. The predicted octanol–water partition coefficient (Wildman–Crippen LogP) is 16.4. The second-order valence-electron chi connectivity index (χ2n) is 21.0. The molecule has 0 rings (SSSR count).